The fraction of sp³-hybridized carbons (Fsp3) is 0.538. The molecule has 0 bridgehead atoms. The number of nitrogens with zero attached hydrogens (tertiary/aromatic N) is 1. The van der Waals surface area contributed by atoms with E-state index in [1.807, 2.05) is 7.05 Å². The fourth-order valence-electron chi connectivity index (χ4n) is 2.41. The molecular formula is C13H19BrN2O3S. The van der Waals surface area contributed by atoms with Crippen LogP contribution >= 0.6 is 15.9 Å². The number of nitrogens with one attached hydrogen (secondary N) is 1. The van der Waals surface area contributed by atoms with Crippen molar-refractivity contribution >= 4 is 26.0 Å². The lowest BCUT2D eigenvalue weighted by molar-refractivity contribution is 0.242. The van der Waals surface area contributed by atoms with Gasteiger partial charge in [0.15, 0.2) is 0 Å². The number of likely N-dealkylation sites (tertiary alicyclic amines) is 1. The molecule has 1 aliphatic heterocycles. The number of piperidine rings is 1. The quantitative estimate of drug-likeness (QED) is 0.847. The third kappa shape index (κ3) is 3.79. The maximum atomic E-state index is 12.4. The Morgan fingerprint density at radius 3 is 2.85 bits per heavy atom. The molecule has 1 fully saturated rings. The van der Waals surface area contributed by atoms with E-state index in [-0.39, 0.29) is 17.5 Å². The zero-order valence-corrected chi connectivity index (χ0v) is 13.7. The predicted octanol–water partition coefficient (Wildman–Crippen LogP) is 1.31. The second-order valence-electron chi connectivity index (χ2n) is 5.15. The summed E-state index contributed by atoms with van der Waals surface area (Å²) < 4.78 is 28.0. The second-order valence-corrected chi connectivity index (χ2v) is 7.68. The summed E-state index contributed by atoms with van der Waals surface area (Å²) >= 11 is 3.26. The average molecular weight is 363 g/mol. The average Bonchev–Trinajstić information content (AvgIpc) is 2.37. The van der Waals surface area contributed by atoms with Crippen molar-refractivity contribution in [2.24, 2.45) is 0 Å². The Hall–Kier alpha value is -0.470. The van der Waals surface area contributed by atoms with Gasteiger partial charge in [-0.15, -0.1) is 0 Å². The number of benzene rings is 1. The van der Waals surface area contributed by atoms with Crippen LogP contribution in [-0.2, 0) is 16.6 Å². The number of hydrogen-bond acceptors (Lipinski definition) is 4. The Balaban J connectivity index is 2.17. The van der Waals surface area contributed by atoms with E-state index in [0.29, 0.717) is 10.0 Å². The van der Waals surface area contributed by atoms with Gasteiger partial charge in [0.2, 0.25) is 10.0 Å². The van der Waals surface area contributed by atoms with Gasteiger partial charge in [-0.1, -0.05) is 6.07 Å². The Labute approximate surface area is 128 Å². The van der Waals surface area contributed by atoms with Crippen LogP contribution in [0.15, 0.2) is 27.6 Å². The molecule has 1 saturated heterocycles. The molecule has 0 saturated carbocycles. The van der Waals surface area contributed by atoms with Crippen LogP contribution in [0.4, 0.5) is 0 Å². The molecule has 1 atom stereocenters. The Morgan fingerprint density at radius 1 is 1.50 bits per heavy atom. The van der Waals surface area contributed by atoms with Gasteiger partial charge >= 0.3 is 0 Å². The molecule has 2 rings (SSSR count). The standard InChI is InChI=1S/C13H19BrN2O3S/c1-16-6-2-3-11(8-16)15-20(18,19)13-5-4-10(9-17)7-12(13)14/h4-5,7,11,15,17H,2-3,6,8-9H2,1H3. The van der Waals surface area contributed by atoms with E-state index >= 15 is 0 Å². The number of hydrogen-bond donors (Lipinski definition) is 2. The zero-order valence-electron chi connectivity index (χ0n) is 11.3. The minimum absolute atomic E-state index is 0.0526. The van der Waals surface area contributed by atoms with Crippen LogP contribution in [0.1, 0.15) is 18.4 Å². The molecule has 0 spiro atoms. The minimum atomic E-state index is -3.54. The van der Waals surface area contributed by atoms with E-state index < -0.39 is 10.0 Å². The highest BCUT2D eigenvalue weighted by Gasteiger charge is 2.25. The number of halogens is 1. The predicted molar refractivity (Wildman–Crippen MR) is 80.9 cm³/mol. The molecule has 7 heteroatoms. The summed E-state index contributed by atoms with van der Waals surface area (Å²) in [6, 6.07) is 4.71. The van der Waals surface area contributed by atoms with E-state index in [2.05, 4.69) is 25.6 Å². The number of aliphatic hydroxyl groups is 1. The van der Waals surface area contributed by atoms with Crippen LogP contribution in [0.5, 0.6) is 0 Å². The highest BCUT2D eigenvalue weighted by molar-refractivity contribution is 9.10. The lowest BCUT2D eigenvalue weighted by Crippen LogP contribution is -2.46. The number of rotatable bonds is 4. The van der Waals surface area contributed by atoms with Gasteiger partial charge in [0.1, 0.15) is 0 Å². The van der Waals surface area contributed by atoms with Gasteiger partial charge in [-0.25, -0.2) is 13.1 Å². The van der Waals surface area contributed by atoms with Crippen molar-refractivity contribution in [1.82, 2.24) is 9.62 Å². The Morgan fingerprint density at radius 2 is 2.25 bits per heavy atom. The van der Waals surface area contributed by atoms with Gasteiger partial charge in [0.05, 0.1) is 11.5 Å². The summed E-state index contributed by atoms with van der Waals surface area (Å²) in [5, 5.41) is 9.05. The zero-order chi connectivity index (χ0) is 14.8. The van der Waals surface area contributed by atoms with Crippen molar-refractivity contribution in [3.05, 3.63) is 28.2 Å². The molecule has 1 unspecified atom stereocenters. The molecule has 2 N–H and O–H groups in total. The SMILES string of the molecule is CN1CCCC(NS(=O)(=O)c2ccc(CO)cc2Br)C1. The van der Waals surface area contributed by atoms with Gasteiger partial charge in [-0.05, 0) is 60.1 Å². The van der Waals surface area contributed by atoms with Crippen molar-refractivity contribution in [2.45, 2.75) is 30.4 Å². The first-order valence-corrected chi connectivity index (χ1v) is 8.80. The molecule has 1 aromatic carbocycles. The molecule has 0 aliphatic carbocycles. The van der Waals surface area contributed by atoms with Crippen LogP contribution in [0, 0.1) is 0 Å². The molecule has 0 amide bonds. The smallest absolute Gasteiger partial charge is 0.241 e. The van der Waals surface area contributed by atoms with Gasteiger partial charge in [0.25, 0.3) is 0 Å². The monoisotopic (exact) mass is 362 g/mol. The van der Waals surface area contributed by atoms with Crippen molar-refractivity contribution in [2.75, 3.05) is 20.1 Å². The van der Waals surface area contributed by atoms with E-state index in [4.69, 9.17) is 5.11 Å². The lowest BCUT2D eigenvalue weighted by Gasteiger charge is -2.30. The molecule has 0 aromatic heterocycles. The summed E-state index contributed by atoms with van der Waals surface area (Å²) in [5.74, 6) is 0. The van der Waals surface area contributed by atoms with Gasteiger partial charge in [0, 0.05) is 17.1 Å². The van der Waals surface area contributed by atoms with Crippen molar-refractivity contribution < 1.29 is 13.5 Å². The molecule has 112 valence electrons. The van der Waals surface area contributed by atoms with Gasteiger partial charge in [-0.3, -0.25) is 0 Å². The first-order valence-electron chi connectivity index (χ1n) is 6.52. The molecule has 1 aliphatic rings. The summed E-state index contributed by atoms with van der Waals surface area (Å²) in [5.41, 5.74) is 0.674. The molecule has 1 heterocycles. The molecule has 20 heavy (non-hydrogen) atoms. The Bertz CT molecular complexity index is 577. The fourth-order valence-corrected chi connectivity index (χ4v) is 4.79. The summed E-state index contributed by atoms with van der Waals surface area (Å²) in [6.45, 7) is 1.62. The first kappa shape index (κ1) is 15.9. The maximum absolute atomic E-state index is 12.4. The topological polar surface area (TPSA) is 69.6 Å². The highest BCUT2D eigenvalue weighted by atomic mass is 79.9. The van der Waals surface area contributed by atoms with Crippen LogP contribution in [0.2, 0.25) is 0 Å². The Kier molecular flexibility index (Phi) is 5.19. The van der Waals surface area contributed by atoms with E-state index in [1.165, 1.54) is 6.07 Å². The van der Waals surface area contributed by atoms with Crippen molar-refractivity contribution in [1.29, 1.82) is 0 Å². The van der Waals surface area contributed by atoms with Crippen LogP contribution in [0.3, 0.4) is 0 Å². The summed E-state index contributed by atoms with van der Waals surface area (Å²) in [4.78, 5) is 2.34. The van der Waals surface area contributed by atoms with Crippen LogP contribution < -0.4 is 4.72 Å². The van der Waals surface area contributed by atoms with Crippen LogP contribution in [0.25, 0.3) is 0 Å². The number of aliphatic hydroxyl groups excluding tert-OH is 1. The summed E-state index contributed by atoms with van der Waals surface area (Å²) in [6.07, 6.45) is 1.85. The second kappa shape index (κ2) is 6.53. The number of likely N-dealkylation sites (N-methyl/N-ethyl adjacent to an activating group) is 1. The highest BCUT2D eigenvalue weighted by Crippen LogP contribution is 2.24. The third-order valence-electron chi connectivity index (χ3n) is 3.41. The number of sulfonamides is 1. The molecular weight excluding hydrogens is 344 g/mol. The first-order chi connectivity index (χ1) is 9.42. The van der Waals surface area contributed by atoms with Crippen molar-refractivity contribution in [3.8, 4) is 0 Å². The van der Waals surface area contributed by atoms with E-state index in [9.17, 15) is 8.42 Å². The van der Waals surface area contributed by atoms with Crippen LogP contribution in [-0.4, -0.2) is 44.6 Å². The van der Waals surface area contributed by atoms with Crippen molar-refractivity contribution in [3.63, 3.8) is 0 Å². The summed E-state index contributed by atoms with van der Waals surface area (Å²) in [7, 11) is -1.55. The molecule has 0 radical (unpaired) electrons. The normalized spacial score (nSPS) is 21.1. The van der Waals surface area contributed by atoms with E-state index in [0.717, 1.165) is 25.9 Å². The molecule has 1 aromatic rings. The molecule has 5 nitrogen and oxygen atoms in total. The minimum Gasteiger partial charge on any atom is -0.392 e. The van der Waals surface area contributed by atoms with E-state index in [1.54, 1.807) is 12.1 Å². The maximum Gasteiger partial charge on any atom is 0.241 e. The largest absolute Gasteiger partial charge is 0.392 e. The van der Waals surface area contributed by atoms with Gasteiger partial charge in [-0.2, -0.15) is 0 Å². The third-order valence-corrected chi connectivity index (χ3v) is 5.91. The van der Waals surface area contributed by atoms with Gasteiger partial charge < -0.3 is 10.0 Å². The lowest BCUT2D eigenvalue weighted by atomic mass is 10.1.